The number of likely N-dealkylation sites (tertiary alicyclic amines) is 1. The first kappa shape index (κ1) is 18.8. The fourth-order valence-electron chi connectivity index (χ4n) is 4.34. The summed E-state index contributed by atoms with van der Waals surface area (Å²) in [7, 11) is 3.86. The minimum atomic E-state index is 0.136. The van der Waals surface area contributed by atoms with E-state index in [-0.39, 0.29) is 5.78 Å². The number of carbonyl (C=O) groups is 1. The first-order valence-electron chi connectivity index (χ1n) is 10.1. The summed E-state index contributed by atoms with van der Waals surface area (Å²) < 4.78 is 7.70. The maximum Gasteiger partial charge on any atom is 0.169 e. The van der Waals surface area contributed by atoms with Crippen LogP contribution >= 0.6 is 0 Å². The average molecular weight is 377 g/mol. The van der Waals surface area contributed by atoms with E-state index in [1.165, 1.54) is 19.3 Å². The maximum atomic E-state index is 13.2. The molecule has 0 aliphatic carbocycles. The predicted molar refractivity (Wildman–Crippen MR) is 113 cm³/mol. The van der Waals surface area contributed by atoms with E-state index in [0.717, 1.165) is 40.9 Å². The first-order valence-corrected chi connectivity index (χ1v) is 10.1. The third-order valence-electron chi connectivity index (χ3n) is 5.96. The Morgan fingerprint density at radius 2 is 1.89 bits per heavy atom. The first-order chi connectivity index (χ1) is 13.7. The van der Waals surface area contributed by atoms with E-state index in [4.69, 9.17) is 4.74 Å². The molecule has 0 spiro atoms. The molecule has 1 aliphatic heterocycles. The lowest BCUT2D eigenvalue weighted by atomic mass is 10.0. The SMILES string of the molecule is COc1ccccc1CC(=O)c1cn(C[C@@H]2CCCCN2C)c2ccccc12. The number of ketones is 1. The Labute approximate surface area is 166 Å². The molecule has 2 heterocycles. The molecule has 1 atom stereocenters. The van der Waals surface area contributed by atoms with E-state index >= 15 is 0 Å². The molecule has 1 fully saturated rings. The summed E-state index contributed by atoms with van der Waals surface area (Å²) in [5, 5.41) is 1.04. The largest absolute Gasteiger partial charge is 0.496 e. The second-order valence-corrected chi connectivity index (χ2v) is 7.75. The molecule has 28 heavy (non-hydrogen) atoms. The lowest BCUT2D eigenvalue weighted by molar-refractivity contribution is 0.0993. The topological polar surface area (TPSA) is 34.5 Å². The second kappa shape index (κ2) is 8.19. The number of methoxy groups -OCH3 is 1. The Hall–Kier alpha value is -2.59. The predicted octanol–water partition coefficient (Wildman–Crippen LogP) is 4.56. The van der Waals surface area contributed by atoms with Gasteiger partial charge >= 0.3 is 0 Å². The van der Waals surface area contributed by atoms with Crippen LogP contribution in [0.2, 0.25) is 0 Å². The number of likely N-dealkylation sites (N-methyl/N-ethyl adjacent to an activating group) is 1. The molecule has 4 nitrogen and oxygen atoms in total. The van der Waals surface area contributed by atoms with Crippen molar-refractivity contribution in [3.05, 3.63) is 65.9 Å². The number of ether oxygens (including phenoxy) is 1. The third kappa shape index (κ3) is 3.69. The number of hydrogen-bond acceptors (Lipinski definition) is 3. The molecule has 0 unspecified atom stereocenters. The highest BCUT2D eigenvalue weighted by atomic mass is 16.5. The van der Waals surface area contributed by atoms with Crippen LogP contribution in [0.15, 0.2) is 54.7 Å². The summed E-state index contributed by atoms with van der Waals surface area (Å²) in [6.45, 7) is 2.09. The molecular weight excluding hydrogens is 348 g/mol. The average Bonchev–Trinajstić information content (AvgIpc) is 3.09. The van der Waals surface area contributed by atoms with Crippen LogP contribution in [0, 0.1) is 0 Å². The van der Waals surface area contributed by atoms with E-state index in [2.05, 4.69) is 40.9 Å². The van der Waals surface area contributed by atoms with Crippen molar-refractivity contribution in [2.24, 2.45) is 0 Å². The zero-order valence-electron chi connectivity index (χ0n) is 16.7. The number of nitrogens with zero attached hydrogens (tertiary/aromatic N) is 2. The summed E-state index contributed by atoms with van der Waals surface area (Å²) in [5.41, 5.74) is 2.88. The smallest absolute Gasteiger partial charge is 0.169 e. The lowest BCUT2D eigenvalue weighted by Gasteiger charge is -2.32. The maximum absolute atomic E-state index is 13.2. The minimum Gasteiger partial charge on any atom is -0.496 e. The number of aromatic nitrogens is 1. The van der Waals surface area contributed by atoms with Crippen molar-refractivity contribution in [2.75, 3.05) is 20.7 Å². The fourth-order valence-corrected chi connectivity index (χ4v) is 4.34. The quantitative estimate of drug-likeness (QED) is 0.592. The minimum absolute atomic E-state index is 0.136. The van der Waals surface area contributed by atoms with Crippen molar-refractivity contribution < 1.29 is 9.53 Å². The molecular formula is C24H28N2O2. The van der Waals surface area contributed by atoms with Crippen molar-refractivity contribution in [1.29, 1.82) is 0 Å². The molecule has 0 radical (unpaired) electrons. The standard InChI is InChI=1S/C24H28N2O2/c1-25-14-8-7-10-19(25)16-26-17-21(20-11-4-5-12-22(20)26)23(27)15-18-9-3-6-13-24(18)28-2/h3-6,9,11-13,17,19H,7-8,10,14-16H2,1-2H3/t19-/m0/s1. The molecule has 146 valence electrons. The number of Topliss-reactive ketones (excluding diaryl/α,β-unsaturated/α-hetero) is 1. The number of piperidine rings is 1. The zero-order chi connectivity index (χ0) is 19.5. The molecule has 0 saturated carbocycles. The van der Waals surface area contributed by atoms with E-state index in [9.17, 15) is 4.79 Å². The van der Waals surface area contributed by atoms with Crippen LogP contribution in [0.3, 0.4) is 0 Å². The highest BCUT2D eigenvalue weighted by Gasteiger charge is 2.22. The van der Waals surface area contributed by atoms with E-state index in [1.54, 1.807) is 7.11 Å². The normalized spacial score (nSPS) is 17.7. The van der Waals surface area contributed by atoms with Gasteiger partial charge in [-0.05, 0) is 38.6 Å². The summed E-state index contributed by atoms with van der Waals surface area (Å²) in [4.78, 5) is 15.6. The Bertz CT molecular complexity index is 976. The van der Waals surface area contributed by atoms with Crippen LogP contribution in [0.25, 0.3) is 10.9 Å². The number of benzene rings is 2. The van der Waals surface area contributed by atoms with Gasteiger partial charge in [-0.1, -0.05) is 42.8 Å². The van der Waals surface area contributed by atoms with Gasteiger partial charge in [0.15, 0.2) is 5.78 Å². The molecule has 4 heteroatoms. The van der Waals surface area contributed by atoms with Gasteiger partial charge in [0.2, 0.25) is 0 Å². The van der Waals surface area contributed by atoms with Gasteiger partial charge in [-0.15, -0.1) is 0 Å². The molecule has 3 aromatic rings. The lowest BCUT2D eigenvalue weighted by Crippen LogP contribution is -2.39. The number of fused-ring (bicyclic) bond motifs is 1. The van der Waals surface area contributed by atoms with Gasteiger partial charge in [0, 0.05) is 47.2 Å². The van der Waals surface area contributed by atoms with Crippen molar-refractivity contribution in [2.45, 2.75) is 38.3 Å². The van der Waals surface area contributed by atoms with Gasteiger partial charge < -0.3 is 14.2 Å². The third-order valence-corrected chi connectivity index (χ3v) is 5.96. The Kier molecular flexibility index (Phi) is 5.49. The van der Waals surface area contributed by atoms with Crippen LogP contribution in [0.1, 0.15) is 35.2 Å². The van der Waals surface area contributed by atoms with Crippen molar-refractivity contribution in [3.8, 4) is 5.75 Å². The van der Waals surface area contributed by atoms with Crippen molar-refractivity contribution in [1.82, 2.24) is 9.47 Å². The van der Waals surface area contributed by atoms with Crippen LogP contribution < -0.4 is 4.74 Å². The number of para-hydroxylation sites is 2. The molecule has 4 rings (SSSR count). The van der Waals surface area contributed by atoms with Crippen LogP contribution in [-0.2, 0) is 13.0 Å². The molecule has 1 aliphatic rings. The molecule has 0 amide bonds. The number of hydrogen-bond donors (Lipinski definition) is 0. The van der Waals surface area contributed by atoms with Gasteiger partial charge in [0.25, 0.3) is 0 Å². The van der Waals surface area contributed by atoms with Gasteiger partial charge in [-0.3, -0.25) is 4.79 Å². The number of carbonyl (C=O) groups excluding carboxylic acids is 1. The van der Waals surface area contributed by atoms with E-state index in [0.29, 0.717) is 12.5 Å². The molecule has 1 aromatic heterocycles. The zero-order valence-corrected chi connectivity index (χ0v) is 16.7. The number of rotatable bonds is 6. The van der Waals surface area contributed by atoms with Crippen molar-refractivity contribution in [3.63, 3.8) is 0 Å². The second-order valence-electron chi connectivity index (χ2n) is 7.75. The van der Waals surface area contributed by atoms with E-state index < -0.39 is 0 Å². The monoisotopic (exact) mass is 376 g/mol. The Balaban J connectivity index is 1.64. The van der Waals surface area contributed by atoms with Crippen molar-refractivity contribution >= 4 is 16.7 Å². The van der Waals surface area contributed by atoms with Gasteiger partial charge in [-0.2, -0.15) is 0 Å². The highest BCUT2D eigenvalue weighted by molar-refractivity contribution is 6.09. The van der Waals surface area contributed by atoms with E-state index in [1.807, 2.05) is 30.3 Å². The van der Waals surface area contributed by atoms with Gasteiger partial charge in [-0.25, -0.2) is 0 Å². The van der Waals surface area contributed by atoms with Crippen LogP contribution in [-0.4, -0.2) is 42.0 Å². The highest BCUT2D eigenvalue weighted by Crippen LogP contribution is 2.27. The van der Waals surface area contributed by atoms with Crippen LogP contribution in [0.5, 0.6) is 5.75 Å². The van der Waals surface area contributed by atoms with Gasteiger partial charge in [0.05, 0.1) is 7.11 Å². The fraction of sp³-hybridized carbons (Fsp3) is 0.375. The summed E-state index contributed by atoms with van der Waals surface area (Å²) in [6, 6.07) is 16.5. The summed E-state index contributed by atoms with van der Waals surface area (Å²) >= 11 is 0. The van der Waals surface area contributed by atoms with Crippen LogP contribution in [0.4, 0.5) is 0 Å². The van der Waals surface area contributed by atoms with Gasteiger partial charge in [0.1, 0.15) is 5.75 Å². The molecule has 2 aromatic carbocycles. The summed E-state index contributed by atoms with van der Waals surface area (Å²) in [5.74, 6) is 0.903. The molecule has 1 saturated heterocycles. The molecule has 0 N–H and O–H groups in total. The molecule has 0 bridgehead atoms. The summed E-state index contributed by atoms with van der Waals surface area (Å²) in [6.07, 6.45) is 6.19. The Morgan fingerprint density at radius 1 is 1.11 bits per heavy atom. The Morgan fingerprint density at radius 3 is 2.71 bits per heavy atom.